The molecule has 1 N–H and O–H groups in total. The first-order valence-electron chi connectivity index (χ1n) is 5.52. The van der Waals surface area contributed by atoms with Gasteiger partial charge in [-0.3, -0.25) is 4.79 Å². The second-order valence-corrected chi connectivity index (χ2v) is 4.43. The lowest BCUT2D eigenvalue weighted by Crippen LogP contribution is -2.35. The van der Waals surface area contributed by atoms with E-state index in [-0.39, 0.29) is 17.2 Å². The lowest BCUT2D eigenvalue weighted by Gasteiger charge is -2.20. The minimum absolute atomic E-state index is 0.0166. The summed E-state index contributed by atoms with van der Waals surface area (Å²) in [6, 6.07) is 0. The number of carboxylic acid groups (broad SMARTS) is 1. The van der Waals surface area contributed by atoms with Gasteiger partial charge in [0, 0.05) is 20.2 Å². The Morgan fingerprint density at radius 2 is 2.28 bits per heavy atom. The molecule has 0 aromatic carbocycles. The number of hydrogen-bond acceptors (Lipinski definition) is 5. The predicted molar refractivity (Wildman–Crippen MR) is 66.9 cm³/mol. The number of likely N-dealkylation sites (N-methyl/N-ethyl adjacent to an activating group) is 1. The Kier molecular flexibility index (Phi) is 5.73. The van der Waals surface area contributed by atoms with Gasteiger partial charge >= 0.3 is 5.97 Å². The summed E-state index contributed by atoms with van der Waals surface area (Å²) in [6.07, 6.45) is 0.0166. The number of rotatable bonds is 7. The molecule has 1 heterocycles. The molecular weight excluding hydrogens is 256 g/mol. The summed E-state index contributed by atoms with van der Waals surface area (Å²) in [6.45, 7) is 3.39. The van der Waals surface area contributed by atoms with Gasteiger partial charge in [0.1, 0.15) is 4.88 Å². The molecule has 18 heavy (non-hydrogen) atoms. The van der Waals surface area contributed by atoms with Crippen molar-refractivity contribution in [3.8, 4) is 0 Å². The second-order valence-electron chi connectivity index (χ2n) is 3.58. The number of aromatic nitrogens is 1. The fourth-order valence-corrected chi connectivity index (χ4v) is 2.13. The Hall–Kier alpha value is -1.47. The van der Waals surface area contributed by atoms with Crippen LogP contribution in [0.3, 0.4) is 0 Å². The molecule has 0 bridgehead atoms. The van der Waals surface area contributed by atoms with Gasteiger partial charge in [-0.05, 0) is 6.92 Å². The van der Waals surface area contributed by atoms with Crippen molar-refractivity contribution in [2.45, 2.75) is 13.3 Å². The minimum Gasteiger partial charge on any atom is -0.477 e. The quantitative estimate of drug-likeness (QED) is 0.797. The molecule has 1 amide bonds. The van der Waals surface area contributed by atoms with Crippen LogP contribution in [0.5, 0.6) is 0 Å². The van der Waals surface area contributed by atoms with Crippen LogP contribution in [0.4, 0.5) is 0 Å². The molecule has 0 aliphatic heterocycles. The van der Waals surface area contributed by atoms with Crippen LogP contribution in [-0.4, -0.2) is 53.7 Å². The number of carbonyl (C=O) groups is 2. The topological polar surface area (TPSA) is 79.7 Å². The Morgan fingerprint density at radius 3 is 2.83 bits per heavy atom. The van der Waals surface area contributed by atoms with E-state index in [1.807, 2.05) is 6.92 Å². The summed E-state index contributed by atoms with van der Waals surface area (Å²) in [5, 5.41) is 8.93. The van der Waals surface area contributed by atoms with Crippen LogP contribution in [0.2, 0.25) is 0 Å². The van der Waals surface area contributed by atoms with Gasteiger partial charge in [0.2, 0.25) is 5.91 Å². The number of nitrogens with zero attached hydrogens (tertiary/aromatic N) is 2. The van der Waals surface area contributed by atoms with Crippen molar-refractivity contribution in [2.75, 3.05) is 26.8 Å². The van der Waals surface area contributed by atoms with Gasteiger partial charge in [-0.1, -0.05) is 0 Å². The molecule has 0 fully saturated rings. The third-order valence-electron chi connectivity index (χ3n) is 2.45. The van der Waals surface area contributed by atoms with E-state index in [9.17, 15) is 9.59 Å². The number of amides is 1. The summed E-state index contributed by atoms with van der Waals surface area (Å²) >= 11 is 1.03. The lowest BCUT2D eigenvalue weighted by molar-refractivity contribution is -0.130. The molecule has 1 aromatic heterocycles. The third-order valence-corrected chi connectivity index (χ3v) is 3.31. The molecule has 0 aliphatic rings. The maximum atomic E-state index is 12.0. The van der Waals surface area contributed by atoms with Gasteiger partial charge in [-0.25, -0.2) is 9.78 Å². The van der Waals surface area contributed by atoms with Gasteiger partial charge in [0.25, 0.3) is 0 Å². The summed E-state index contributed by atoms with van der Waals surface area (Å²) in [7, 11) is 1.57. The zero-order chi connectivity index (χ0) is 13.5. The summed E-state index contributed by atoms with van der Waals surface area (Å²) in [4.78, 5) is 28.5. The monoisotopic (exact) mass is 272 g/mol. The van der Waals surface area contributed by atoms with E-state index in [4.69, 9.17) is 9.84 Å². The molecule has 0 saturated heterocycles. The largest absolute Gasteiger partial charge is 0.477 e. The highest BCUT2D eigenvalue weighted by molar-refractivity contribution is 7.11. The van der Waals surface area contributed by atoms with Crippen molar-refractivity contribution in [2.24, 2.45) is 0 Å². The molecular formula is C11H16N2O4S. The average molecular weight is 272 g/mol. The van der Waals surface area contributed by atoms with Gasteiger partial charge in [-0.15, -0.1) is 11.3 Å². The number of carbonyl (C=O) groups excluding carboxylic acids is 1. The first kappa shape index (κ1) is 14.6. The third kappa shape index (κ3) is 3.78. The molecule has 0 aliphatic carbocycles. The van der Waals surface area contributed by atoms with Crippen molar-refractivity contribution < 1.29 is 19.4 Å². The zero-order valence-corrected chi connectivity index (χ0v) is 11.2. The van der Waals surface area contributed by atoms with E-state index < -0.39 is 5.97 Å². The van der Waals surface area contributed by atoms with E-state index in [0.29, 0.717) is 25.4 Å². The molecule has 0 radical (unpaired) electrons. The van der Waals surface area contributed by atoms with Crippen LogP contribution in [0.1, 0.15) is 22.3 Å². The summed E-state index contributed by atoms with van der Waals surface area (Å²) < 4.78 is 4.92. The lowest BCUT2D eigenvalue weighted by atomic mass is 10.2. The first-order valence-corrected chi connectivity index (χ1v) is 6.40. The van der Waals surface area contributed by atoms with Crippen LogP contribution in [0.15, 0.2) is 5.51 Å². The van der Waals surface area contributed by atoms with E-state index >= 15 is 0 Å². The van der Waals surface area contributed by atoms with E-state index in [0.717, 1.165) is 11.3 Å². The molecule has 1 rings (SSSR count). The molecule has 0 unspecified atom stereocenters. The fourth-order valence-electron chi connectivity index (χ4n) is 1.48. The van der Waals surface area contributed by atoms with Crippen LogP contribution in [-0.2, 0) is 16.0 Å². The maximum Gasteiger partial charge on any atom is 0.347 e. The summed E-state index contributed by atoms with van der Waals surface area (Å²) in [5.41, 5.74) is 1.77. The van der Waals surface area contributed by atoms with E-state index in [2.05, 4.69) is 4.98 Å². The summed E-state index contributed by atoms with van der Waals surface area (Å²) in [5.74, 6) is -1.18. The minimum atomic E-state index is -1.04. The second kappa shape index (κ2) is 7.07. The molecule has 1 aromatic rings. The van der Waals surface area contributed by atoms with Crippen molar-refractivity contribution >= 4 is 23.2 Å². The van der Waals surface area contributed by atoms with Gasteiger partial charge in [0.05, 0.1) is 24.2 Å². The van der Waals surface area contributed by atoms with Gasteiger partial charge in [-0.2, -0.15) is 0 Å². The highest BCUT2D eigenvalue weighted by Crippen LogP contribution is 2.14. The SMILES string of the molecule is CCN(CCOC)C(=O)Cc1ncsc1C(=O)O. The highest BCUT2D eigenvalue weighted by atomic mass is 32.1. The number of carboxylic acids is 1. The van der Waals surface area contributed by atoms with Crippen LogP contribution >= 0.6 is 11.3 Å². The predicted octanol–water partition coefficient (Wildman–Crippen LogP) is 0.879. The Balaban J connectivity index is 2.67. The number of methoxy groups -OCH3 is 1. The van der Waals surface area contributed by atoms with Crippen LogP contribution in [0.25, 0.3) is 0 Å². The van der Waals surface area contributed by atoms with Crippen molar-refractivity contribution in [1.29, 1.82) is 0 Å². The number of thiazole rings is 1. The van der Waals surface area contributed by atoms with Crippen molar-refractivity contribution in [3.05, 3.63) is 16.1 Å². The van der Waals surface area contributed by atoms with Crippen LogP contribution in [0, 0.1) is 0 Å². The normalized spacial score (nSPS) is 10.3. The molecule has 0 spiro atoms. The van der Waals surface area contributed by atoms with Crippen LogP contribution < -0.4 is 0 Å². The van der Waals surface area contributed by atoms with Crippen molar-refractivity contribution in [3.63, 3.8) is 0 Å². The van der Waals surface area contributed by atoms with Gasteiger partial charge in [0.15, 0.2) is 0 Å². The van der Waals surface area contributed by atoms with E-state index in [1.165, 1.54) is 5.51 Å². The molecule has 100 valence electrons. The molecule has 0 saturated carbocycles. The molecule has 0 atom stereocenters. The Labute approximate surface area is 109 Å². The number of aromatic carboxylic acids is 1. The fraction of sp³-hybridized carbons (Fsp3) is 0.545. The number of hydrogen-bond donors (Lipinski definition) is 1. The Morgan fingerprint density at radius 1 is 1.56 bits per heavy atom. The maximum absolute atomic E-state index is 12.0. The molecule has 6 nitrogen and oxygen atoms in total. The molecule has 7 heteroatoms. The first-order chi connectivity index (χ1) is 8.60. The van der Waals surface area contributed by atoms with Gasteiger partial charge < -0.3 is 14.7 Å². The highest BCUT2D eigenvalue weighted by Gasteiger charge is 2.19. The Bertz CT molecular complexity index is 419. The average Bonchev–Trinajstić information content (AvgIpc) is 2.78. The number of ether oxygens (including phenoxy) is 1. The standard InChI is InChI=1S/C11H16N2O4S/c1-3-13(4-5-17-2)9(14)6-8-10(11(15)16)18-7-12-8/h7H,3-6H2,1-2H3,(H,15,16). The van der Waals surface area contributed by atoms with Crippen molar-refractivity contribution in [1.82, 2.24) is 9.88 Å². The zero-order valence-electron chi connectivity index (χ0n) is 10.4. The smallest absolute Gasteiger partial charge is 0.347 e. The van der Waals surface area contributed by atoms with E-state index in [1.54, 1.807) is 12.0 Å².